The second kappa shape index (κ2) is 2.01. The molecular weight excluding hydrogens is 130 g/mol. The molecular formula is C7H9NO2. The van der Waals surface area contributed by atoms with Gasteiger partial charge in [0.1, 0.15) is 6.61 Å². The van der Waals surface area contributed by atoms with Crippen molar-refractivity contribution in [2.75, 3.05) is 13.2 Å². The van der Waals surface area contributed by atoms with Crippen molar-refractivity contribution in [3.05, 3.63) is 12.2 Å². The lowest BCUT2D eigenvalue weighted by molar-refractivity contribution is 0.160. The van der Waals surface area contributed by atoms with Crippen molar-refractivity contribution in [1.29, 1.82) is 0 Å². The van der Waals surface area contributed by atoms with Gasteiger partial charge in [-0.05, 0) is 6.42 Å². The number of rotatable bonds is 0. The highest BCUT2D eigenvalue weighted by Gasteiger charge is 2.32. The fourth-order valence-electron chi connectivity index (χ4n) is 1.35. The van der Waals surface area contributed by atoms with Gasteiger partial charge in [-0.1, -0.05) is 12.2 Å². The maximum atomic E-state index is 10.9. The van der Waals surface area contributed by atoms with Gasteiger partial charge in [-0.15, -0.1) is 0 Å². The summed E-state index contributed by atoms with van der Waals surface area (Å²) < 4.78 is 4.85. The van der Waals surface area contributed by atoms with Crippen molar-refractivity contribution >= 4 is 6.09 Å². The Kier molecular flexibility index (Phi) is 1.16. The maximum Gasteiger partial charge on any atom is 0.410 e. The lowest BCUT2D eigenvalue weighted by atomic mass is 10.1. The van der Waals surface area contributed by atoms with Gasteiger partial charge in [0.25, 0.3) is 0 Å². The number of ether oxygens (including phenoxy) is 1. The molecule has 0 aromatic carbocycles. The van der Waals surface area contributed by atoms with Gasteiger partial charge in [0, 0.05) is 6.54 Å². The second-order valence-electron chi connectivity index (χ2n) is 2.59. The fourth-order valence-corrected chi connectivity index (χ4v) is 1.35. The quantitative estimate of drug-likeness (QED) is 0.464. The molecule has 2 aliphatic heterocycles. The third-order valence-corrected chi connectivity index (χ3v) is 1.95. The molecule has 1 saturated heterocycles. The van der Waals surface area contributed by atoms with E-state index >= 15 is 0 Å². The SMILES string of the molecule is O=C1OC[C@@H]2CC=CCN12. The monoisotopic (exact) mass is 139 g/mol. The van der Waals surface area contributed by atoms with E-state index in [0.717, 1.165) is 13.0 Å². The van der Waals surface area contributed by atoms with E-state index in [9.17, 15) is 4.79 Å². The molecule has 2 rings (SSSR count). The van der Waals surface area contributed by atoms with Crippen LogP contribution in [0.5, 0.6) is 0 Å². The molecule has 0 aromatic rings. The molecule has 1 atom stereocenters. The molecule has 0 aromatic heterocycles. The highest BCUT2D eigenvalue weighted by molar-refractivity contribution is 5.70. The third kappa shape index (κ3) is 0.701. The minimum atomic E-state index is -0.158. The van der Waals surface area contributed by atoms with Crippen LogP contribution in [-0.2, 0) is 4.74 Å². The first-order chi connectivity index (χ1) is 4.88. The summed E-state index contributed by atoms with van der Waals surface area (Å²) in [6.07, 6.45) is 4.90. The molecule has 3 nitrogen and oxygen atoms in total. The summed E-state index contributed by atoms with van der Waals surface area (Å²) >= 11 is 0. The Morgan fingerprint density at radius 2 is 2.50 bits per heavy atom. The van der Waals surface area contributed by atoms with Crippen molar-refractivity contribution in [2.24, 2.45) is 0 Å². The predicted octanol–water partition coefficient (Wildman–Crippen LogP) is 0.767. The summed E-state index contributed by atoms with van der Waals surface area (Å²) in [5.41, 5.74) is 0. The first-order valence-corrected chi connectivity index (χ1v) is 3.46. The van der Waals surface area contributed by atoms with E-state index in [-0.39, 0.29) is 6.09 Å². The second-order valence-corrected chi connectivity index (χ2v) is 2.59. The largest absolute Gasteiger partial charge is 0.447 e. The minimum Gasteiger partial charge on any atom is -0.447 e. The zero-order valence-corrected chi connectivity index (χ0v) is 5.62. The smallest absolute Gasteiger partial charge is 0.410 e. The molecule has 0 N–H and O–H groups in total. The highest BCUT2D eigenvalue weighted by atomic mass is 16.6. The van der Waals surface area contributed by atoms with Gasteiger partial charge in [0.15, 0.2) is 0 Å². The van der Waals surface area contributed by atoms with E-state index in [1.807, 2.05) is 6.08 Å². The van der Waals surface area contributed by atoms with Gasteiger partial charge < -0.3 is 4.74 Å². The third-order valence-electron chi connectivity index (χ3n) is 1.95. The average Bonchev–Trinajstić information content (AvgIpc) is 2.34. The van der Waals surface area contributed by atoms with Crippen LogP contribution in [0.3, 0.4) is 0 Å². The topological polar surface area (TPSA) is 29.5 Å². The first kappa shape index (κ1) is 5.77. The van der Waals surface area contributed by atoms with Crippen LogP contribution in [0, 0.1) is 0 Å². The Hall–Kier alpha value is -0.990. The Labute approximate surface area is 59.3 Å². The normalized spacial score (nSPS) is 30.2. The number of carbonyl (C=O) groups excluding carboxylic acids is 1. The van der Waals surface area contributed by atoms with Gasteiger partial charge in [-0.2, -0.15) is 0 Å². The predicted molar refractivity (Wildman–Crippen MR) is 35.6 cm³/mol. The molecule has 0 bridgehead atoms. The van der Waals surface area contributed by atoms with Crippen LogP contribution in [0.4, 0.5) is 4.79 Å². The lowest BCUT2D eigenvalue weighted by Crippen LogP contribution is -2.35. The molecule has 2 aliphatic rings. The van der Waals surface area contributed by atoms with Crippen LogP contribution >= 0.6 is 0 Å². The van der Waals surface area contributed by atoms with Crippen molar-refractivity contribution in [1.82, 2.24) is 4.90 Å². The fraction of sp³-hybridized carbons (Fsp3) is 0.571. The molecule has 2 heterocycles. The number of nitrogens with zero attached hydrogens (tertiary/aromatic N) is 1. The highest BCUT2D eigenvalue weighted by Crippen LogP contribution is 2.18. The Balaban J connectivity index is 2.17. The standard InChI is InChI=1S/C7H9NO2/c9-7-8-4-2-1-3-6(8)5-10-7/h1-2,6H,3-5H2/t6-/m0/s1. The summed E-state index contributed by atoms with van der Waals surface area (Å²) in [4.78, 5) is 12.6. The van der Waals surface area contributed by atoms with E-state index in [2.05, 4.69) is 6.08 Å². The number of hydrogen-bond donors (Lipinski definition) is 0. The van der Waals surface area contributed by atoms with E-state index in [1.54, 1.807) is 4.90 Å². The van der Waals surface area contributed by atoms with Crippen molar-refractivity contribution < 1.29 is 9.53 Å². The molecule has 3 heteroatoms. The zero-order valence-electron chi connectivity index (χ0n) is 5.62. The van der Waals surface area contributed by atoms with Crippen LogP contribution in [0.15, 0.2) is 12.2 Å². The summed E-state index contributed by atoms with van der Waals surface area (Å²) in [5, 5.41) is 0. The Morgan fingerprint density at radius 1 is 1.60 bits per heavy atom. The summed E-state index contributed by atoms with van der Waals surface area (Å²) in [5.74, 6) is 0. The number of amides is 1. The average molecular weight is 139 g/mol. The van der Waals surface area contributed by atoms with Crippen LogP contribution < -0.4 is 0 Å². The molecule has 54 valence electrons. The zero-order chi connectivity index (χ0) is 6.97. The van der Waals surface area contributed by atoms with Gasteiger partial charge in [-0.3, -0.25) is 4.90 Å². The first-order valence-electron chi connectivity index (χ1n) is 3.46. The van der Waals surface area contributed by atoms with Crippen molar-refractivity contribution in [3.63, 3.8) is 0 Å². The van der Waals surface area contributed by atoms with Gasteiger partial charge in [0.2, 0.25) is 0 Å². The number of cyclic esters (lactones) is 1. The molecule has 0 aliphatic carbocycles. The molecule has 1 fully saturated rings. The van der Waals surface area contributed by atoms with Crippen LogP contribution in [0.1, 0.15) is 6.42 Å². The lowest BCUT2D eigenvalue weighted by Gasteiger charge is -2.21. The molecule has 0 radical (unpaired) electrons. The maximum absolute atomic E-state index is 10.9. The Bertz CT molecular complexity index is 188. The van der Waals surface area contributed by atoms with E-state index < -0.39 is 0 Å². The van der Waals surface area contributed by atoms with Crippen LogP contribution in [0.25, 0.3) is 0 Å². The molecule has 1 amide bonds. The van der Waals surface area contributed by atoms with Crippen LogP contribution in [0.2, 0.25) is 0 Å². The van der Waals surface area contributed by atoms with Crippen molar-refractivity contribution in [2.45, 2.75) is 12.5 Å². The number of carbonyl (C=O) groups is 1. The molecule has 0 saturated carbocycles. The minimum absolute atomic E-state index is 0.158. The van der Waals surface area contributed by atoms with E-state index in [4.69, 9.17) is 4.74 Å². The Morgan fingerprint density at radius 3 is 3.30 bits per heavy atom. The molecule has 0 spiro atoms. The van der Waals surface area contributed by atoms with Crippen LogP contribution in [-0.4, -0.2) is 30.2 Å². The molecule has 0 unspecified atom stereocenters. The summed E-state index contributed by atoms with van der Waals surface area (Å²) in [6.45, 7) is 1.30. The summed E-state index contributed by atoms with van der Waals surface area (Å²) in [6, 6.07) is 0.317. The molecule has 10 heavy (non-hydrogen) atoms. The van der Waals surface area contributed by atoms with Gasteiger partial charge in [-0.25, -0.2) is 4.79 Å². The van der Waals surface area contributed by atoms with Gasteiger partial charge in [0.05, 0.1) is 6.04 Å². The van der Waals surface area contributed by atoms with E-state index in [1.165, 1.54) is 0 Å². The number of hydrogen-bond acceptors (Lipinski definition) is 2. The van der Waals surface area contributed by atoms with E-state index in [0.29, 0.717) is 12.6 Å². The van der Waals surface area contributed by atoms with Crippen molar-refractivity contribution in [3.8, 4) is 0 Å². The summed E-state index contributed by atoms with van der Waals surface area (Å²) in [7, 11) is 0. The van der Waals surface area contributed by atoms with Gasteiger partial charge >= 0.3 is 6.09 Å². The number of fused-ring (bicyclic) bond motifs is 1.